The number of piperidine rings is 1. The summed E-state index contributed by atoms with van der Waals surface area (Å²) in [4.78, 5) is 8.20. The predicted molar refractivity (Wildman–Crippen MR) is 87.4 cm³/mol. The third kappa shape index (κ3) is 3.49. The summed E-state index contributed by atoms with van der Waals surface area (Å²) in [7, 11) is -2.17. The number of aromatic nitrogens is 2. The number of hydrogen-bond donors (Lipinski definition) is 0. The molecule has 0 radical (unpaired) electrons. The number of hydrogen-bond acceptors (Lipinski definition) is 6. The van der Waals surface area contributed by atoms with Crippen LogP contribution in [0.2, 0.25) is 0 Å². The minimum atomic E-state index is -3.64. The van der Waals surface area contributed by atoms with E-state index in [-0.39, 0.29) is 17.5 Å². The second-order valence-electron chi connectivity index (χ2n) is 5.44. The van der Waals surface area contributed by atoms with E-state index < -0.39 is 10.0 Å². The van der Waals surface area contributed by atoms with Crippen molar-refractivity contribution >= 4 is 10.0 Å². The normalized spacial score (nSPS) is 19.0. The zero-order valence-electron chi connectivity index (χ0n) is 13.3. The summed E-state index contributed by atoms with van der Waals surface area (Å²) in [5.74, 6) is 0.744. The molecule has 0 aliphatic carbocycles. The molecule has 0 bridgehead atoms. The Morgan fingerprint density at radius 3 is 2.83 bits per heavy atom. The summed E-state index contributed by atoms with van der Waals surface area (Å²) in [5, 5.41) is 0. The zero-order valence-corrected chi connectivity index (χ0v) is 14.1. The van der Waals surface area contributed by atoms with E-state index in [1.807, 2.05) is 0 Å². The van der Waals surface area contributed by atoms with Crippen molar-refractivity contribution in [2.45, 2.75) is 23.8 Å². The number of rotatable bonds is 5. The molecule has 7 nitrogen and oxygen atoms in total. The number of ether oxygens (including phenoxy) is 2. The highest BCUT2D eigenvalue weighted by molar-refractivity contribution is 7.89. The van der Waals surface area contributed by atoms with Crippen LogP contribution in [0.25, 0.3) is 0 Å². The van der Waals surface area contributed by atoms with Gasteiger partial charge in [-0.3, -0.25) is 4.98 Å². The monoisotopic (exact) mass is 349 g/mol. The van der Waals surface area contributed by atoms with Crippen molar-refractivity contribution in [2.75, 3.05) is 20.2 Å². The Balaban J connectivity index is 1.78. The summed E-state index contributed by atoms with van der Waals surface area (Å²) in [6.45, 7) is 0.734. The summed E-state index contributed by atoms with van der Waals surface area (Å²) in [5.41, 5.74) is 0. The quantitative estimate of drug-likeness (QED) is 0.817. The predicted octanol–water partition coefficient (Wildman–Crippen LogP) is 1.72. The molecule has 0 amide bonds. The summed E-state index contributed by atoms with van der Waals surface area (Å²) < 4.78 is 38.2. The van der Waals surface area contributed by atoms with Crippen molar-refractivity contribution < 1.29 is 17.9 Å². The number of para-hydroxylation sites is 1. The standard InChI is InChI=1S/C16H19N3O4S/c1-22-14-6-2-3-7-15(14)24(20,21)19-10-4-5-13(12-19)23-16-11-17-8-9-18-16/h2-3,6-9,11,13H,4-5,10,12H2,1H3/t13-/m0/s1. The summed E-state index contributed by atoms with van der Waals surface area (Å²) in [6.07, 6.45) is 5.87. The van der Waals surface area contributed by atoms with Crippen LogP contribution in [0.1, 0.15) is 12.8 Å². The number of benzene rings is 1. The lowest BCUT2D eigenvalue weighted by Gasteiger charge is -2.32. The van der Waals surface area contributed by atoms with E-state index in [9.17, 15) is 8.42 Å². The van der Waals surface area contributed by atoms with Gasteiger partial charge in [0, 0.05) is 18.9 Å². The first-order valence-corrected chi connectivity index (χ1v) is 9.11. The first-order valence-electron chi connectivity index (χ1n) is 7.67. The molecule has 0 unspecified atom stereocenters. The fourth-order valence-corrected chi connectivity index (χ4v) is 4.37. The molecule has 0 N–H and O–H groups in total. The smallest absolute Gasteiger partial charge is 0.246 e. The number of nitrogens with zero attached hydrogens (tertiary/aromatic N) is 3. The molecule has 1 aliphatic heterocycles. The number of sulfonamides is 1. The van der Waals surface area contributed by atoms with E-state index in [0.29, 0.717) is 18.2 Å². The fraction of sp³-hybridized carbons (Fsp3) is 0.375. The third-order valence-corrected chi connectivity index (χ3v) is 5.76. The van der Waals surface area contributed by atoms with E-state index in [1.54, 1.807) is 36.7 Å². The maximum Gasteiger partial charge on any atom is 0.246 e. The minimum Gasteiger partial charge on any atom is -0.495 e. The van der Waals surface area contributed by atoms with Crippen molar-refractivity contribution in [3.63, 3.8) is 0 Å². The highest BCUT2D eigenvalue weighted by Gasteiger charge is 2.33. The Kier molecular flexibility index (Phi) is 4.96. The van der Waals surface area contributed by atoms with Gasteiger partial charge in [0.25, 0.3) is 0 Å². The Labute approximate surface area is 141 Å². The average molecular weight is 349 g/mol. The molecule has 0 saturated carbocycles. The molecule has 1 saturated heterocycles. The Morgan fingerprint density at radius 1 is 1.25 bits per heavy atom. The Hall–Kier alpha value is -2.19. The van der Waals surface area contributed by atoms with Crippen LogP contribution in [0.15, 0.2) is 47.8 Å². The van der Waals surface area contributed by atoms with Crippen molar-refractivity contribution in [1.29, 1.82) is 0 Å². The van der Waals surface area contributed by atoms with Gasteiger partial charge in [0.2, 0.25) is 15.9 Å². The van der Waals surface area contributed by atoms with Crippen LogP contribution in [0.5, 0.6) is 11.6 Å². The highest BCUT2D eigenvalue weighted by atomic mass is 32.2. The largest absolute Gasteiger partial charge is 0.495 e. The van der Waals surface area contributed by atoms with Crippen LogP contribution in [0.3, 0.4) is 0 Å². The van der Waals surface area contributed by atoms with Gasteiger partial charge in [0.15, 0.2) is 0 Å². The lowest BCUT2D eigenvalue weighted by atomic mass is 10.1. The molecule has 1 aromatic carbocycles. The average Bonchev–Trinajstić information content (AvgIpc) is 2.63. The van der Waals surface area contributed by atoms with E-state index in [1.165, 1.54) is 17.6 Å². The van der Waals surface area contributed by atoms with Crippen LogP contribution in [-0.4, -0.2) is 49.0 Å². The molecule has 1 atom stereocenters. The molecule has 0 spiro atoms. The summed E-state index contributed by atoms with van der Waals surface area (Å²) >= 11 is 0. The van der Waals surface area contributed by atoms with Crippen LogP contribution in [-0.2, 0) is 10.0 Å². The van der Waals surface area contributed by atoms with E-state index in [2.05, 4.69) is 9.97 Å². The van der Waals surface area contributed by atoms with Crippen molar-refractivity contribution in [2.24, 2.45) is 0 Å². The maximum absolute atomic E-state index is 12.9. The molecular formula is C16H19N3O4S. The van der Waals surface area contributed by atoms with Crippen molar-refractivity contribution in [3.05, 3.63) is 42.9 Å². The SMILES string of the molecule is COc1ccccc1S(=O)(=O)N1CCC[C@H](Oc2cnccn2)C1. The van der Waals surface area contributed by atoms with Gasteiger partial charge in [0.1, 0.15) is 16.7 Å². The Bertz CT molecular complexity index is 783. The highest BCUT2D eigenvalue weighted by Crippen LogP contribution is 2.28. The van der Waals surface area contributed by atoms with E-state index in [0.717, 1.165) is 12.8 Å². The third-order valence-electron chi connectivity index (χ3n) is 3.85. The number of methoxy groups -OCH3 is 1. The van der Waals surface area contributed by atoms with E-state index in [4.69, 9.17) is 9.47 Å². The van der Waals surface area contributed by atoms with Gasteiger partial charge >= 0.3 is 0 Å². The molecule has 128 valence electrons. The first kappa shape index (κ1) is 16.7. The zero-order chi connectivity index (χ0) is 17.0. The lowest BCUT2D eigenvalue weighted by Crippen LogP contribution is -2.44. The Morgan fingerprint density at radius 2 is 2.08 bits per heavy atom. The topological polar surface area (TPSA) is 81.6 Å². The summed E-state index contributed by atoms with van der Waals surface area (Å²) in [6, 6.07) is 6.63. The molecule has 1 fully saturated rings. The van der Waals surface area contributed by atoms with Crippen LogP contribution >= 0.6 is 0 Å². The van der Waals surface area contributed by atoms with Crippen LogP contribution < -0.4 is 9.47 Å². The van der Waals surface area contributed by atoms with Crippen molar-refractivity contribution in [1.82, 2.24) is 14.3 Å². The molecular weight excluding hydrogens is 330 g/mol. The lowest BCUT2D eigenvalue weighted by molar-refractivity contribution is 0.124. The molecule has 1 aromatic heterocycles. The fourth-order valence-electron chi connectivity index (χ4n) is 2.71. The van der Waals surface area contributed by atoms with Crippen molar-refractivity contribution in [3.8, 4) is 11.6 Å². The maximum atomic E-state index is 12.9. The first-order chi connectivity index (χ1) is 11.6. The van der Waals surface area contributed by atoms with Gasteiger partial charge < -0.3 is 9.47 Å². The minimum absolute atomic E-state index is 0.174. The van der Waals surface area contributed by atoms with E-state index >= 15 is 0 Å². The van der Waals surface area contributed by atoms with Gasteiger partial charge in [-0.1, -0.05) is 12.1 Å². The molecule has 2 aromatic rings. The van der Waals surface area contributed by atoms with Gasteiger partial charge in [-0.25, -0.2) is 13.4 Å². The van der Waals surface area contributed by atoms with Gasteiger partial charge in [-0.05, 0) is 25.0 Å². The molecule has 3 rings (SSSR count). The molecule has 24 heavy (non-hydrogen) atoms. The van der Waals surface area contributed by atoms with Gasteiger partial charge in [-0.15, -0.1) is 0 Å². The van der Waals surface area contributed by atoms with Gasteiger partial charge in [-0.2, -0.15) is 4.31 Å². The second kappa shape index (κ2) is 7.14. The van der Waals surface area contributed by atoms with Crippen LogP contribution in [0.4, 0.5) is 0 Å². The second-order valence-corrected chi connectivity index (χ2v) is 7.35. The van der Waals surface area contributed by atoms with Crippen LogP contribution in [0, 0.1) is 0 Å². The van der Waals surface area contributed by atoms with Gasteiger partial charge in [0.05, 0.1) is 19.9 Å². The molecule has 2 heterocycles. The molecule has 8 heteroatoms. The molecule has 1 aliphatic rings.